The number of piperazine rings is 1. The van der Waals surface area contributed by atoms with Gasteiger partial charge >= 0.3 is 0 Å². The summed E-state index contributed by atoms with van der Waals surface area (Å²) >= 11 is 0. The first-order valence-electron chi connectivity index (χ1n) is 9.12. The van der Waals surface area contributed by atoms with Gasteiger partial charge in [-0.1, -0.05) is 32.9 Å². The Hall–Kier alpha value is -1.95. The molecule has 144 valence electrons. The van der Waals surface area contributed by atoms with E-state index in [9.17, 15) is 14.0 Å². The van der Waals surface area contributed by atoms with Gasteiger partial charge in [-0.2, -0.15) is 0 Å². The lowest BCUT2D eigenvalue weighted by molar-refractivity contribution is -0.141. The van der Waals surface area contributed by atoms with Crippen molar-refractivity contribution in [3.05, 3.63) is 35.6 Å². The molecular weight excluding hydrogens is 333 g/mol. The molecule has 1 aliphatic heterocycles. The van der Waals surface area contributed by atoms with Gasteiger partial charge in [0.05, 0.1) is 12.6 Å². The van der Waals surface area contributed by atoms with Gasteiger partial charge in [-0.3, -0.25) is 14.5 Å². The molecule has 0 radical (unpaired) electrons. The Morgan fingerprint density at radius 1 is 1.12 bits per heavy atom. The second-order valence-corrected chi connectivity index (χ2v) is 8.05. The zero-order chi connectivity index (χ0) is 19.5. The van der Waals surface area contributed by atoms with E-state index in [-0.39, 0.29) is 29.1 Å². The Morgan fingerprint density at radius 3 is 2.15 bits per heavy atom. The van der Waals surface area contributed by atoms with Crippen LogP contribution in [0.1, 0.15) is 39.3 Å². The van der Waals surface area contributed by atoms with Crippen molar-refractivity contribution in [3.8, 4) is 0 Å². The first-order chi connectivity index (χ1) is 12.1. The van der Waals surface area contributed by atoms with E-state index in [4.69, 9.17) is 0 Å². The molecule has 1 aromatic carbocycles. The molecule has 1 heterocycles. The third-order valence-electron chi connectivity index (χ3n) is 4.99. The van der Waals surface area contributed by atoms with Gasteiger partial charge in [0.25, 0.3) is 0 Å². The highest BCUT2D eigenvalue weighted by Gasteiger charge is 2.30. The highest BCUT2D eigenvalue weighted by molar-refractivity contribution is 5.81. The number of carbonyl (C=O) groups excluding carboxylic acids is 2. The third-order valence-corrected chi connectivity index (χ3v) is 4.99. The van der Waals surface area contributed by atoms with E-state index in [1.54, 1.807) is 24.1 Å². The van der Waals surface area contributed by atoms with E-state index in [0.717, 1.165) is 5.56 Å². The van der Waals surface area contributed by atoms with Crippen LogP contribution in [0.2, 0.25) is 0 Å². The molecule has 26 heavy (non-hydrogen) atoms. The van der Waals surface area contributed by atoms with Crippen molar-refractivity contribution in [3.63, 3.8) is 0 Å². The quantitative estimate of drug-likeness (QED) is 0.826. The van der Waals surface area contributed by atoms with Gasteiger partial charge in [0.15, 0.2) is 0 Å². The number of amides is 2. The maximum atomic E-state index is 13.1. The molecule has 2 amide bonds. The number of rotatable bonds is 4. The van der Waals surface area contributed by atoms with Crippen LogP contribution in [0.15, 0.2) is 24.3 Å². The fourth-order valence-corrected chi connectivity index (χ4v) is 3.07. The van der Waals surface area contributed by atoms with Crippen LogP contribution in [-0.4, -0.2) is 66.3 Å². The molecule has 2 rings (SSSR count). The molecule has 1 aromatic rings. The van der Waals surface area contributed by atoms with Crippen LogP contribution in [0.4, 0.5) is 4.39 Å². The van der Waals surface area contributed by atoms with Crippen molar-refractivity contribution < 1.29 is 14.0 Å². The number of likely N-dealkylation sites (N-methyl/N-ethyl adjacent to an activating group) is 1. The summed E-state index contributed by atoms with van der Waals surface area (Å²) in [6.45, 7) is 10.8. The standard InChI is InChI=1S/C20H30FN3O2/c1-15(16-6-8-17(21)9-7-16)22(5)18(25)14-23-10-12-24(13-11-23)19(26)20(2,3)4/h6-9,15H,10-14H2,1-5H3. The average Bonchev–Trinajstić information content (AvgIpc) is 2.60. The number of halogens is 1. The summed E-state index contributed by atoms with van der Waals surface area (Å²) in [5, 5.41) is 0. The van der Waals surface area contributed by atoms with E-state index in [1.807, 2.05) is 32.6 Å². The van der Waals surface area contributed by atoms with E-state index in [0.29, 0.717) is 32.7 Å². The predicted octanol–water partition coefficient (Wildman–Crippen LogP) is 2.54. The molecule has 1 atom stereocenters. The third kappa shape index (κ3) is 5.04. The van der Waals surface area contributed by atoms with Crippen molar-refractivity contribution in [2.75, 3.05) is 39.8 Å². The lowest BCUT2D eigenvalue weighted by atomic mass is 9.94. The van der Waals surface area contributed by atoms with Crippen molar-refractivity contribution in [1.29, 1.82) is 0 Å². The molecule has 0 N–H and O–H groups in total. The summed E-state index contributed by atoms with van der Waals surface area (Å²) in [4.78, 5) is 30.6. The van der Waals surface area contributed by atoms with Crippen molar-refractivity contribution >= 4 is 11.8 Å². The molecule has 0 spiro atoms. The van der Waals surface area contributed by atoms with Crippen LogP contribution in [-0.2, 0) is 9.59 Å². The van der Waals surface area contributed by atoms with Crippen LogP contribution in [0, 0.1) is 11.2 Å². The largest absolute Gasteiger partial charge is 0.340 e. The Kier molecular flexibility index (Phi) is 6.39. The van der Waals surface area contributed by atoms with Gasteiger partial charge in [0.2, 0.25) is 11.8 Å². The van der Waals surface area contributed by atoms with Gasteiger partial charge in [-0.05, 0) is 24.6 Å². The van der Waals surface area contributed by atoms with Gasteiger partial charge in [-0.15, -0.1) is 0 Å². The van der Waals surface area contributed by atoms with Crippen molar-refractivity contribution in [2.45, 2.75) is 33.7 Å². The number of benzene rings is 1. The predicted molar refractivity (Wildman–Crippen MR) is 100 cm³/mol. The van der Waals surface area contributed by atoms with E-state index in [1.165, 1.54) is 12.1 Å². The minimum absolute atomic E-state index is 0.0254. The highest BCUT2D eigenvalue weighted by Crippen LogP contribution is 2.20. The summed E-state index contributed by atoms with van der Waals surface area (Å²) < 4.78 is 13.1. The molecule has 0 saturated carbocycles. The van der Waals surface area contributed by atoms with Crippen LogP contribution in [0.5, 0.6) is 0 Å². The zero-order valence-electron chi connectivity index (χ0n) is 16.5. The smallest absolute Gasteiger partial charge is 0.236 e. The summed E-state index contributed by atoms with van der Waals surface area (Å²) in [5.41, 5.74) is 0.533. The normalized spacial score (nSPS) is 17.1. The van der Waals surface area contributed by atoms with E-state index in [2.05, 4.69) is 4.90 Å². The minimum atomic E-state index is -0.372. The van der Waals surface area contributed by atoms with Crippen LogP contribution in [0.3, 0.4) is 0 Å². The lowest BCUT2D eigenvalue weighted by Crippen LogP contribution is -2.53. The van der Waals surface area contributed by atoms with Crippen molar-refractivity contribution in [1.82, 2.24) is 14.7 Å². The Morgan fingerprint density at radius 2 is 1.65 bits per heavy atom. The molecule has 1 saturated heterocycles. The fourth-order valence-electron chi connectivity index (χ4n) is 3.07. The first-order valence-corrected chi connectivity index (χ1v) is 9.12. The zero-order valence-corrected chi connectivity index (χ0v) is 16.5. The fraction of sp³-hybridized carbons (Fsp3) is 0.600. The topological polar surface area (TPSA) is 43.9 Å². The van der Waals surface area contributed by atoms with Crippen LogP contribution < -0.4 is 0 Å². The molecule has 1 fully saturated rings. The molecule has 0 bridgehead atoms. The molecule has 1 unspecified atom stereocenters. The molecule has 0 aliphatic carbocycles. The number of nitrogens with zero attached hydrogens (tertiary/aromatic N) is 3. The number of carbonyl (C=O) groups is 2. The SMILES string of the molecule is CC(c1ccc(F)cc1)N(C)C(=O)CN1CCN(C(=O)C(C)(C)C)CC1. The molecular formula is C20H30FN3O2. The van der Waals surface area contributed by atoms with Gasteiger partial charge in [0.1, 0.15) is 5.82 Å². The second-order valence-electron chi connectivity index (χ2n) is 8.05. The maximum absolute atomic E-state index is 13.1. The highest BCUT2D eigenvalue weighted by atomic mass is 19.1. The Balaban J connectivity index is 1.86. The minimum Gasteiger partial charge on any atom is -0.340 e. The monoisotopic (exact) mass is 363 g/mol. The summed E-state index contributed by atoms with van der Waals surface area (Å²) in [7, 11) is 1.77. The van der Waals surface area contributed by atoms with E-state index >= 15 is 0 Å². The number of hydrogen-bond donors (Lipinski definition) is 0. The van der Waals surface area contributed by atoms with Crippen molar-refractivity contribution in [2.24, 2.45) is 5.41 Å². The summed E-state index contributed by atoms with van der Waals surface area (Å²) in [6.07, 6.45) is 0. The van der Waals surface area contributed by atoms with Crippen LogP contribution in [0.25, 0.3) is 0 Å². The Labute approximate surface area is 155 Å². The van der Waals surface area contributed by atoms with Gasteiger partial charge in [-0.25, -0.2) is 4.39 Å². The second kappa shape index (κ2) is 8.16. The maximum Gasteiger partial charge on any atom is 0.236 e. The summed E-state index contributed by atoms with van der Waals surface area (Å²) in [6, 6.07) is 6.12. The molecule has 1 aliphatic rings. The molecule has 0 aromatic heterocycles. The van der Waals surface area contributed by atoms with E-state index < -0.39 is 0 Å². The average molecular weight is 363 g/mol. The Bertz CT molecular complexity index is 631. The van der Waals surface area contributed by atoms with Crippen LogP contribution >= 0.6 is 0 Å². The molecule has 5 nitrogen and oxygen atoms in total. The lowest BCUT2D eigenvalue weighted by Gasteiger charge is -2.38. The number of hydrogen-bond acceptors (Lipinski definition) is 3. The first kappa shape index (κ1) is 20.4. The molecule has 6 heteroatoms. The summed E-state index contributed by atoms with van der Waals surface area (Å²) in [5.74, 6) is -0.0967. The van der Waals surface area contributed by atoms with Gasteiger partial charge < -0.3 is 9.80 Å². The van der Waals surface area contributed by atoms with Gasteiger partial charge in [0, 0.05) is 38.6 Å².